The van der Waals surface area contributed by atoms with Gasteiger partial charge in [0, 0.05) is 12.1 Å². The van der Waals surface area contributed by atoms with Crippen molar-refractivity contribution in [2.24, 2.45) is 0 Å². The maximum Gasteiger partial charge on any atom is 0.416 e. The molecule has 0 saturated carbocycles. The van der Waals surface area contributed by atoms with Gasteiger partial charge in [-0.15, -0.1) is 0 Å². The SMILES string of the molecule is CCn1cc(-n2nc(-c3ccc(C(F)(F)F)cc3)cc(C(=O)NC(C)C(C)(O)CC)c2=O)cn1. The smallest absolute Gasteiger partial charge is 0.388 e. The van der Waals surface area contributed by atoms with Crippen molar-refractivity contribution in [3.63, 3.8) is 0 Å². The molecule has 2 aromatic heterocycles. The maximum absolute atomic E-state index is 13.2. The van der Waals surface area contributed by atoms with Gasteiger partial charge in [0.2, 0.25) is 0 Å². The Labute approximate surface area is 194 Å². The van der Waals surface area contributed by atoms with Crippen LogP contribution in [0.5, 0.6) is 0 Å². The van der Waals surface area contributed by atoms with Crippen LogP contribution in [-0.2, 0) is 12.7 Å². The molecule has 0 radical (unpaired) electrons. The van der Waals surface area contributed by atoms with Gasteiger partial charge in [0.15, 0.2) is 0 Å². The Morgan fingerprint density at radius 1 is 1.21 bits per heavy atom. The summed E-state index contributed by atoms with van der Waals surface area (Å²) in [6.45, 7) is 7.32. The number of hydrogen-bond acceptors (Lipinski definition) is 5. The molecule has 0 spiro atoms. The lowest BCUT2D eigenvalue weighted by molar-refractivity contribution is -0.137. The number of carbonyl (C=O) groups excluding carboxylic acids is 1. The second-order valence-corrected chi connectivity index (χ2v) is 8.20. The summed E-state index contributed by atoms with van der Waals surface area (Å²) in [7, 11) is 0. The van der Waals surface area contributed by atoms with Crippen LogP contribution in [0.4, 0.5) is 13.2 Å². The zero-order valence-electron chi connectivity index (χ0n) is 19.2. The number of nitrogens with one attached hydrogen (secondary N) is 1. The van der Waals surface area contributed by atoms with Crippen molar-refractivity contribution in [2.45, 2.75) is 58.5 Å². The second kappa shape index (κ2) is 9.41. The summed E-state index contributed by atoms with van der Waals surface area (Å²) in [5.74, 6) is -0.738. The normalized spacial score (nSPS) is 14.5. The Morgan fingerprint density at radius 3 is 2.38 bits per heavy atom. The Kier molecular flexibility index (Phi) is 6.97. The minimum Gasteiger partial charge on any atom is -0.388 e. The van der Waals surface area contributed by atoms with Crippen LogP contribution in [0.1, 0.15) is 50.0 Å². The molecule has 0 aliphatic heterocycles. The summed E-state index contributed by atoms with van der Waals surface area (Å²) < 4.78 is 41.5. The fourth-order valence-electron chi connectivity index (χ4n) is 3.17. The molecule has 2 atom stereocenters. The molecule has 0 saturated heterocycles. The number of amides is 1. The number of benzene rings is 1. The van der Waals surface area contributed by atoms with Gasteiger partial charge in [-0.2, -0.15) is 28.1 Å². The molecule has 3 rings (SSSR count). The molecule has 0 aliphatic rings. The monoisotopic (exact) mass is 477 g/mol. The average Bonchev–Trinajstić information content (AvgIpc) is 3.27. The van der Waals surface area contributed by atoms with E-state index in [4.69, 9.17) is 0 Å². The Hall–Kier alpha value is -3.47. The van der Waals surface area contributed by atoms with Crippen molar-refractivity contribution in [1.82, 2.24) is 24.9 Å². The highest BCUT2D eigenvalue weighted by Crippen LogP contribution is 2.30. The van der Waals surface area contributed by atoms with Crippen molar-refractivity contribution >= 4 is 5.91 Å². The zero-order chi connectivity index (χ0) is 25.3. The summed E-state index contributed by atoms with van der Waals surface area (Å²) in [4.78, 5) is 26.2. The van der Waals surface area contributed by atoms with Gasteiger partial charge >= 0.3 is 6.18 Å². The van der Waals surface area contributed by atoms with Crippen LogP contribution in [0, 0.1) is 0 Å². The second-order valence-electron chi connectivity index (χ2n) is 8.20. The van der Waals surface area contributed by atoms with Crippen molar-refractivity contribution in [3.8, 4) is 16.9 Å². The third-order valence-electron chi connectivity index (χ3n) is 5.85. The number of alkyl halides is 3. The van der Waals surface area contributed by atoms with Gasteiger partial charge in [-0.3, -0.25) is 14.3 Å². The first-order chi connectivity index (χ1) is 15.9. The number of aryl methyl sites for hydroxylation is 1. The summed E-state index contributed by atoms with van der Waals surface area (Å²) in [6, 6.07) is 4.81. The third-order valence-corrected chi connectivity index (χ3v) is 5.85. The lowest BCUT2D eigenvalue weighted by Crippen LogP contribution is -2.49. The maximum atomic E-state index is 13.2. The van der Waals surface area contributed by atoms with E-state index in [1.807, 2.05) is 6.92 Å². The van der Waals surface area contributed by atoms with Crippen LogP contribution in [0.3, 0.4) is 0 Å². The van der Waals surface area contributed by atoms with E-state index in [0.29, 0.717) is 18.7 Å². The Balaban J connectivity index is 2.12. The minimum atomic E-state index is -4.50. The molecule has 0 fully saturated rings. The minimum absolute atomic E-state index is 0.123. The summed E-state index contributed by atoms with van der Waals surface area (Å²) in [5, 5.41) is 21.5. The molecule has 3 aromatic rings. The standard InChI is InChI=1S/C23H26F3N5O3/c1-5-22(4,34)14(3)28-20(32)18-11-19(15-7-9-16(10-8-15)23(24,25)26)29-31(21(18)33)17-12-27-30(6-2)13-17/h7-14,34H,5-6H2,1-4H3,(H,28,32). The number of halogens is 3. The number of aromatic nitrogens is 4. The van der Waals surface area contributed by atoms with Crippen molar-refractivity contribution in [2.75, 3.05) is 0 Å². The van der Waals surface area contributed by atoms with Crippen LogP contribution in [0.25, 0.3) is 16.9 Å². The lowest BCUT2D eigenvalue weighted by atomic mass is 9.94. The average molecular weight is 477 g/mol. The van der Waals surface area contributed by atoms with Gasteiger partial charge < -0.3 is 10.4 Å². The molecular formula is C23H26F3N5O3. The molecular weight excluding hydrogens is 451 g/mol. The molecule has 2 unspecified atom stereocenters. The van der Waals surface area contributed by atoms with Gasteiger partial charge in [-0.25, -0.2) is 0 Å². The Bertz CT molecular complexity index is 1230. The number of hydrogen-bond donors (Lipinski definition) is 2. The Morgan fingerprint density at radius 2 is 1.85 bits per heavy atom. The topological polar surface area (TPSA) is 102 Å². The van der Waals surface area contributed by atoms with E-state index in [9.17, 15) is 27.9 Å². The van der Waals surface area contributed by atoms with Gasteiger partial charge in [0.1, 0.15) is 11.3 Å². The molecule has 0 bridgehead atoms. The predicted octanol–water partition coefficient (Wildman–Crippen LogP) is 3.41. The van der Waals surface area contributed by atoms with Gasteiger partial charge in [-0.1, -0.05) is 19.1 Å². The first kappa shape index (κ1) is 25.2. The first-order valence-electron chi connectivity index (χ1n) is 10.8. The van der Waals surface area contributed by atoms with Crippen molar-refractivity contribution in [3.05, 3.63) is 64.2 Å². The van der Waals surface area contributed by atoms with Gasteiger partial charge in [-0.05, 0) is 45.4 Å². The fraction of sp³-hybridized carbons (Fsp3) is 0.391. The molecule has 1 aromatic carbocycles. The quantitative estimate of drug-likeness (QED) is 0.543. The number of carbonyl (C=O) groups is 1. The molecule has 11 heteroatoms. The molecule has 1 amide bonds. The molecule has 182 valence electrons. The fourth-order valence-corrected chi connectivity index (χ4v) is 3.17. The van der Waals surface area contributed by atoms with E-state index < -0.39 is 34.8 Å². The summed E-state index contributed by atoms with van der Waals surface area (Å²) in [6.07, 6.45) is -1.17. The van der Waals surface area contributed by atoms with E-state index in [1.54, 1.807) is 31.6 Å². The molecule has 0 aliphatic carbocycles. The zero-order valence-corrected chi connectivity index (χ0v) is 19.2. The van der Waals surface area contributed by atoms with Crippen LogP contribution >= 0.6 is 0 Å². The largest absolute Gasteiger partial charge is 0.416 e. The summed E-state index contributed by atoms with van der Waals surface area (Å²) >= 11 is 0. The van der Waals surface area contributed by atoms with Crippen molar-refractivity contribution < 1.29 is 23.1 Å². The van der Waals surface area contributed by atoms with Crippen LogP contribution in [-0.4, -0.2) is 42.2 Å². The first-order valence-corrected chi connectivity index (χ1v) is 10.8. The van der Waals surface area contributed by atoms with E-state index in [2.05, 4.69) is 15.5 Å². The number of aliphatic hydroxyl groups is 1. The van der Waals surface area contributed by atoms with Crippen molar-refractivity contribution in [1.29, 1.82) is 0 Å². The number of nitrogens with zero attached hydrogens (tertiary/aromatic N) is 4. The van der Waals surface area contributed by atoms with Crippen LogP contribution in [0.15, 0.2) is 47.5 Å². The predicted molar refractivity (Wildman–Crippen MR) is 120 cm³/mol. The molecule has 2 N–H and O–H groups in total. The molecule has 34 heavy (non-hydrogen) atoms. The third kappa shape index (κ3) is 5.19. The van der Waals surface area contributed by atoms with Crippen LogP contribution < -0.4 is 10.9 Å². The van der Waals surface area contributed by atoms with E-state index in [-0.39, 0.29) is 16.8 Å². The highest BCUT2D eigenvalue weighted by Gasteiger charge is 2.31. The van der Waals surface area contributed by atoms with E-state index in [0.717, 1.165) is 16.8 Å². The van der Waals surface area contributed by atoms with Gasteiger partial charge in [0.25, 0.3) is 11.5 Å². The van der Waals surface area contributed by atoms with E-state index in [1.165, 1.54) is 24.4 Å². The highest BCUT2D eigenvalue weighted by molar-refractivity contribution is 5.95. The highest BCUT2D eigenvalue weighted by atomic mass is 19.4. The lowest BCUT2D eigenvalue weighted by Gasteiger charge is -2.29. The summed E-state index contributed by atoms with van der Waals surface area (Å²) in [5.41, 5.74) is -2.34. The molecule has 8 nitrogen and oxygen atoms in total. The van der Waals surface area contributed by atoms with Crippen LogP contribution in [0.2, 0.25) is 0 Å². The van der Waals surface area contributed by atoms with Gasteiger partial charge in [0.05, 0.1) is 35.3 Å². The van der Waals surface area contributed by atoms with E-state index >= 15 is 0 Å². The number of rotatable bonds is 7. The molecule has 2 heterocycles.